The Morgan fingerprint density at radius 1 is 1.08 bits per heavy atom. The first-order valence-corrected chi connectivity index (χ1v) is 9.93. The number of rotatable bonds is 10. The van der Waals surface area contributed by atoms with Gasteiger partial charge >= 0.3 is 10.4 Å². The van der Waals surface area contributed by atoms with Gasteiger partial charge in [-0.1, -0.05) is 68.0 Å². The molecule has 3 N–H and O–H groups in total. The Morgan fingerprint density at radius 2 is 1.76 bits per heavy atom. The van der Waals surface area contributed by atoms with E-state index in [9.17, 15) is 8.42 Å². The number of hydrogen-bond donors (Lipinski definition) is 1. The molecular weight excluding hydrogens is 346 g/mol. The minimum Gasteiger partial charge on any atom is -0.461 e. The molecule has 8 heteroatoms. The lowest BCUT2D eigenvalue weighted by atomic mass is 10.0. The van der Waals surface area contributed by atoms with Gasteiger partial charge in [0.2, 0.25) is 6.29 Å². The van der Waals surface area contributed by atoms with Crippen molar-refractivity contribution in [3.63, 3.8) is 0 Å². The summed E-state index contributed by atoms with van der Waals surface area (Å²) in [4.78, 5) is 4.52. The van der Waals surface area contributed by atoms with Crippen molar-refractivity contribution in [3.8, 4) is 5.75 Å². The fourth-order valence-electron chi connectivity index (χ4n) is 2.61. The van der Waals surface area contributed by atoms with Gasteiger partial charge in [-0.2, -0.15) is 8.42 Å². The van der Waals surface area contributed by atoms with Gasteiger partial charge in [-0.3, -0.25) is 0 Å². The maximum atomic E-state index is 11.2. The minimum atomic E-state index is -4.14. The summed E-state index contributed by atoms with van der Waals surface area (Å²) in [6.45, 7) is 2.11. The molecule has 1 heterocycles. The predicted molar refractivity (Wildman–Crippen MR) is 94.6 cm³/mol. The molecule has 0 aliphatic carbocycles. The zero-order chi connectivity index (χ0) is 17.3. The first-order chi connectivity index (χ1) is 11.6. The largest absolute Gasteiger partial charge is 0.461 e. The fraction of sp³-hybridized carbons (Fsp3) is 0.647. The highest BCUT2D eigenvalue weighted by molar-refractivity contribution is 7.81. The smallest absolute Gasteiger partial charge is 0.430 e. The molecular formula is C17H29NO6S. The van der Waals surface area contributed by atoms with Crippen molar-refractivity contribution in [2.24, 2.45) is 0 Å². The highest BCUT2D eigenvalue weighted by atomic mass is 32.3. The molecule has 1 aliphatic rings. The van der Waals surface area contributed by atoms with Crippen LogP contribution >= 0.6 is 0 Å². The van der Waals surface area contributed by atoms with Gasteiger partial charge in [-0.25, -0.2) is 9.07 Å². The van der Waals surface area contributed by atoms with Gasteiger partial charge in [-0.05, 0) is 24.5 Å². The Kier molecular flexibility index (Phi) is 9.99. The van der Waals surface area contributed by atoms with E-state index >= 15 is 0 Å². The average molecular weight is 375 g/mol. The number of unbranched alkanes of at least 4 members (excludes halogenated alkanes) is 6. The molecule has 0 spiro atoms. The molecule has 144 valence electrons. The second kappa shape index (κ2) is 11.4. The van der Waals surface area contributed by atoms with E-state index in [2.05, 4.69) is 16.1 Å². The monoisotopic (exact) mass is 375 g/mol. The highest BCUT2D eigenvalue weighted by Gasteiger charge is 2.29. The second-order valence-electron chi connectivity index (χ2n) is 5.88. The number of hydrogen-bond acceptors (Lipinski definition) is 7. The maximum Gasteiger partial charge on any atom is 0.430 e. The van der Waals surface area contributed by atoms with Gasteiger partial charge in [0.15, 0.2) is 0 Å². The molecule has 0 bridgehead atoms. The van der Waals surface area contributed by atoms with E-state index in [-0.39, 0.29) is 12.8 Å². The van der Waals surface area contributed by atoms with Crippen LogP contribution in [0.25, 0.3) is 0 Å². The zero-order valence-electron chi connectivity index (χ0n) is 14.8. The van der Waals surface area contributed by atoms with Crippen LogP contribution in [0.3, 0.4) is 0 Å². The van der Waals surface area contributed by atoms with E-state index in [1.165, 1.54) is 38.5 Å². The van der Waals surface area contributed by atoms with E-state index in [1.54, 1.807) is 0 Å². The molecule has 0 amide bonds. The highest BCUT2D eigenvalue weighted by Crippen LogP contribution is 2.24. The Bertz CT molecular complexity index is 593. The molecule has 1 aromatic rings. The lowest BCUT2D eigenvalue weighted by Crippen LogP contribution is -2.35. The molecule has 1 aromatic carbocycles. The number of benzene rings is 1. The summed E-state index contributed by atoms with van der Waals surface area (Å²) in [6.07, 6.45) is 8.55. The van der Waals surface area contributed by atoms with Crippen molar-refractivity contribution in [3.05, 3.63) is 29.8 Å². The summed E-state index contributed by atoms with van der Waals surface area (Å²) in [5.41, 5.74) is 1.04. The van der Waals surface area contributed by atoms with Gasteiger partial charge in [0.05, 0.1) is 0 Å². The standard InChI is InChI=1S/C17H26O6S.H3N/c1-2-3-4-5-6-7-8-11-15-12-9-10-13-16(15)21-17-14-20-23-24(18,19)22-17;/h9-10,12-13,17H,2-8,11,14H2,1H3;1H3. The number of aryl methyl sites for hydroxylation is 1. The molecule has 1 unspecified atom stereocenters. The summed E-state index contributed by atoms with van der Waals surface area (Å²) in [5, 5.41) is 0. The topological polar surface area (TPSA) is 106 Å². The number of para-hydroxylation sites is 1. The molecule has 1 fully saturated rings. The zero-order valence-corrected chi connectivity index (χ0v) is 15.6. The first kappa shape index (κ1) is 21.9. The van der Waals surface area contributed by atoms with Crippen LogP contribution in [0.15, 0.2) is 24.3 Å². The van der Waals surface area contributed by atoms with Crippen molar-refractivity contribution < 1.29 is 26.6 Å². The van der Waals surface area contributed by atoms with E-state index < -0.39 is 16.7 Å². The third kappa shape index (κ3) is 8.15. The van der Waals surface area contributed by atoms with Crippen molar-refractivity contribution in [2.45, 2.75) is 64.6 Å². The van der Waals surface area contributed by atoms with Crippen molar-refractivity contribution >= 4 is 10.4 Å². The van der Waals surface area contributed by atoms with Crippen molar-refractivity contribution in [2.75, 3.05) is 6.61 Å². The minimum absolute atomic E-state index is 0. The van der Waals surface area contributed by atoms with Crippen LogP contribution < -0.4 is 10.9 Å². The Labute approximate surface area is 150 Å². The normalized spacial score (nSPS) is 19.2. The molecule has 1 saturated heterocycles. The van der Waals surface area contributed by atoms with Crippen molar-refractivity contribution in [1.82, 2.24) is 6.15 Å². The van der Waals surface area contributed by atoms with E-state index in [1.807, 2.05) is 24.3 Å². The van der Waals surface area contributed by atoms with Gasteiger partial charge in [-0.15, -0.1) is 0 Å². The van der Waals surface area contributed by atoms with Crippen LogP contribution in [0.5, 0.6) is 5.75 Å². The summed E-state index contributed by atoms with van der Waals surface area (Å²) in [6, 6.07) is 7.59. The summed E-state index contributed by atoms with van der Waals surface area (Å²) < 4.78 is 36.8. The fourth-order valence-corrected chi connectivity index (χ4v) is 3.17. The van der Waals surface area contributed by atoms with Gasteiger partial charge in [0.25, 0.3) is 0 Å². The van der Waals surface area contributed by atoms with Crippen LogP contribution in [-0.2, 0) is 30.2 Å². The molecule has 1 atom stereocenters. The summed E-state index contributed by atoms with van der Waals surface area (Å²) >= 11 is 0. The lowest BCUT2D eigenvalue weighted by molar-refractivity contribution is -0.273. The van der Waals surface area contributed by atoms with Gasteiger partial charge in [0, 0.05) is 0 Å². The molecule has 2 rings (SSSR count). The second-order valence-corrected chi connectivity index (χ2v) is 7.03. The Balaban J connectivity index is 0.00000312. The third-order valence-electron chi connectivity index (χ3n) is 3.84. The molecule has 1 aliphatic heterocycles. The van der Waals surface area contributed by atoms with E-state index in [4.69, 9.17) is 8.92 Å². The quantitative estimate of drug-likeness (QED) is 0.485. The first-order valence-electron chi connectivity index (χ1n) is 8.59. The molecule has 0 aromatic heterocycles. The summed E-state index contributed by atoms with van der Waals surface area (Å²) in [5.74, 6) is 0.620. The lowest BCUT2D eigenvalue weighted by Gasteiger charge is -2.22. The van der Waals surface area contributed by atoms with Gasteiger partial charge in [0.1, 0.15) is 12.4 Å². The molecule has 0 saturated carbocycles. The van der Waals surface area contributed by atoms with E-state index in [0.29, 0.717) is 5.75 Å². The predicted octanol–water partition coefficient (Wildman–Crippen LogP) is 4.07. The van der Waals surface area contributed by atoms with Crippen LogP contribution in [-0.4, -0.2) is 21.3 Å². The third-order valence-corrected chi connectivity index (χ3v) is 4.55. The van der Waals surface area contributed by atoms with Crippen LogP contribution in [0.1, 0.15) is 57.4 Å². The van der Waals surface area contributed by atoms with Crippen LogP contribution in [0.2, 0.25) is 0 Å². The van der Waals surface area contributed by atoms with Gasteiger partial charge < -0.3 is 10.9 Å². The number of ether oxygens (including phenoxy) is 1. The van der Waals surface area contributed by atoms with Crippen LogP contribution in [0.4, 0.5) is 0 Å². The molecule has 25 heavy (non-hydrogen) atoms. The average Bonchev–Trinajstić information content (AvgIpc) is 2.54. The molecule has 7 nitrogen and oxygen atoms in total. The van der Waals surface area contributed by atoms with Crippen molar-refractivity contribution in [1.29, 1.82) is 0 Å². The molecule has 0 radical (unpaired) electrons. The Hall–Kier alpha value is -1.19. The van der Waals surface area contributed by atoms with E-state index in [0.717, 1.165) is 18.4 Å². The maximum absolute atomic E-state index is 11.2. The SMILES string of the molecule is CCCCCCCCCc1ccccc1OC1COOS(=O)(=O)O1.N. The summed E-state index contributed by atoms with van der Waals surface area (Å²) in [7, 11) is -4.14. The van der Waals surface area contributed by atoms with Crippen LogP contribution in [0, 0.1) is 0 Å². The Morgan fingerprint density at radius 3 is 2.48 bits per heavy atom.